The average Bonchev–Trinajstić information content (AvgIpc) is 3.11. The van der Waals surface area contributed by atoms with Gasteiger partial charge >= 0.3 is 0 Å². The van der Waals surface area contributed by atoms with Crippen molar-refractivity contribution in [2.24, 2.45) is 5.92 Å². The highest BCUT2D eigenvalue weighted by Crippen LogP contribution is 2.39. The van der Waals surface area contributed by atoms with E-state index in [1.165, 1.54) is 27.8 Å². The molecule has 6 nitrogen and oxygen atoms in total. The number of carbonyl (C=O) groups excluding carboxylic acids is 1. The minimum absolute atomic E-state index is 0.0307. The van der Waals surface area contributed by atoms with Crippen molar-refractivity contribution in [3.05, 3.63) is 46.3 Å². The Morgan fingerprint density at radius 1 is 1.33 bits per heavy atom. The largest absolute Gasteiger partial charge is 0.383 e. The van der Waals surface area contributed by atoms with E-state index in [-0.39, 0.29) is 17.8 Å². The molecule has 2 aromatic heterocycles. The van der Waals surface area contributed by atoms with Gasteiger partial charge in [-0.1, -0.05) is 55.9 Å². The molecular formula is C22H26N4O2S2. The fourth-order valence-corrected chi connectivity index (χ4v) is 5.42. The lowest BCUT2D eigenvalue weighted by Gasteiger charge is -2.26. The van der Waals surface area contributed by atoms with E-state index < -0.39 is 0 Å². The summed E-state index contributed by atoms with van der Waals surface area (Å²) in [6.45, 7) is 5.55. The van der Waals surface area contributed by atoms with E-state index in [2.05, 4.69) is 41.3 Å². The molecule has 0 saturated heterocycles. The van der Waals surface area contributed by atoms with Crippen LogP contribution in [-0.2, 0) is 29.0 Å². The van der Waals surface area contributed by atoms with Crippen molar-refractivity contribution in [1.29, 1.82) is 0 Å². The molecule has 0 radical (unpaired) electrons. The summed E-state index contributed by atoms with van der Waals surface area (Å²) in [6, 6.07) is 10.1. The molecule has 8 heteroatoms. The number of carbonyl (C=O) groups is 1. The van der Waals surface area contributed by atoms with Gasteiger partial charge in [-0.25, -0.2) is 9.97 Å². The number of anilines is 1. The van der Waals surface area contributed by atoms with Crippen molar-refractivity contribution < 1.29 is 9.53 Å². The highest BCUT2D eigenvalue weighted by Gasteiger charge is 2.27. The number of fused-ring (bicyclic) bond motifs is 3. The van der Waals surface area contributed by atoms with Gasteiger partial charge in [-0.15, -0.1) is 11.3 Å². The predicted molar refractivity (Wildman–Crippen MR) is 123 cm³/mol. The summed E-state index contributed by atoms with van der Waals surface area (Å²) in [7, 11) is 0. The quantitative estimate of drug-likeness (QED) is 0.427. The van der Waals surface area contributed by atoms with Gasteiger partial charge in [-0.05, 0) is 23.5 Å². The van der Waals surface area contributed by atoms with Crippen LogP contribution in [0.2, 0.25) is 0 Å². The number of nitrogens with one attached hydrogen (secondary N) is 1. The first-order valence-corrected chi connectivity index (χ1v) is 11.9. The van der Waals surface area contributed by atoms with Crippen LogP contribution < -0.4 is 11.1 Å². The van der Waals surface area contributed by atoms with Crippen molar-refractivity contribution in [2.45, 2.75) is 44.6 Å². The molecule has 0 saturated carbocycles. The molecule has 1 amide bonds. The molecule has 0 unspecified atom stereocenters. The summed E-state index contributed by atoms with van der Waals surface area (Å²) in [5, 5.41) is 4.45. The van der Waals surface area contributed by atoms with E-state index >= 15 is 0 Å². The summed E-state index contributed by atoms with van der Waals surface area (Å²) >= 11 is 2.93. The number of hydrogen-bond acceptors (Lipinski definition) is 7. The molecule has 30 heavy (non-hydrogen) atoms. The number of aromatic nitrogens is 2. The maximum Gasteiger partial charge on any atom is 0.230 e. The van der Waals surface area contributed by atoms with Crippen molar-refractivity contribution in [1.82, 2.24) is 15.3 Å². The van der Waals surface area contributed by atoms with Crippen LogP contribution in [0.15, 0.2) is 35.5 Å². The molecule has 1 aromatic carbocycles. The van der Waals surface area contributed by atoms with Crippen LogP contribution in [0.5, 0.6) is 0 Å². The Labute approximate surface area is 184 Å². The van der Waals surface area contributed by atoms with Crippen molar-refractivity contribution in [2.75, 3.05) is 18.0 Å². The first kappa shape index (κ1) is 21.1. The second kappa shape index (κ2) is 9.32. The van der Waals surface area contributed by atoms with E-state index in [9.17, 15) is 4.79 Å². The first-order chi connectivity index (χ1) is 14.5. The highest BCUT2D eigenvalue weighted by atomic mass is 32.2. The Balaban J connectivity index is 1.37. The average molecular weight is 443 g/mol. The number of thiophene rings is 1. The zero-order valence-electron chi connectivity index (χ0n) is 17.2. The number of nitrogen functional groups attached to an aromatic ring is 1. The molecule has 1 atom stereocenters. The Kier molecular flexibility index (Phi) is 6.55. The van der Waals surface area contributed by atoms with E-state index in [1.54, 1.807) is 11.3 Å². The van der Waals surface area contributed by atoms with Crippen molar-refractivity contribution in [3.8, 4) is 0 Å². The van der Waals surface area contributed by atoms with Gasteiger partial charge in [0.25, 0.3) is 0 Å². The predicted octanol–water partition coefficient (Wildman–Crippen LogP) is 3.82. The molecule has 1 aliphatic rings. The normalized spacial score (nSPS) is 16.0. The van der Waals surface area contributed by atoms with Crippen LogP contribution in [0, 0.1) is 5.92 Å². The van der Waals surface area contributed by atoms with Crippen molar-refractivity contribution >= 4 is 45.0 Å². The Morgan fingerprint density at radius 3 is 2.90 bits per heavy atom. The molecule has 1 aliphatic heterocycles. The second-order valence-electron chi connectivity index (χ2n) is 7.75. The van der Waals surface area contributed by atoms with Gasteiger partial charge in [-0.3, -0.25) is 4.79 Å². The summed E-state index contributed by atoms with van der Waals surface area (Å²) in [6.07, 6.45) is 1.85. The Hall–Kier alpha value is -2.16. The summed E-state index contributed by atoms with van der Waals surface area (Å²) in [5.41, 5.74) is 8.73. The van der Waals surface area contributed by atoms with Crippen LogP contribution in [-0.4, -0.2) is 34.3 Å². The maximum atomic E-state index is 12.2. The molecule has 3 N–H and O–H groups in total. The van der Waals surface area contributed by atoms with E-state index in [0.29, 0.717) is 30.0 Å². The summed E-state index contributed by atoms with van der Waals surface area (Å²) in [4.78, 5) is 23.4. The number of thioether (sulfide) groups is 1. The third kappa shape index (κ3) is 4.77. The van der Waals surface area contributed by atoms with Gasteiger partial charge in [0.1, 0.15) is 10.6 Å². The lowest BCUT2D eigenvalue weighted by Crippen LogP contribution is -2.27. The second-order valence-corrected chi connectivity index (χ2v) is 9.77. The number of nitrogens with two attached hydrogens (primary N) is 1. The van der Waals surface area contributed by atoms with Crippen LogP contribution in [0.3, 0.4) is 0 Å². The third-order valence-electron chi connectivity index (χ3n) is 5.23. The van der Waals surface area contributed by atoms with E-state index in [4.69, 9.17) is 10.5 Å². The van der Waals surface area contributed by atoms with Crippen LogP contribution >= 0.6 is 23.1 Å². The molecule has 3 aromatic rings. The number of amides is 1. The molecule has 4 rings (SSSR count). The number of ether oxygens (including phenoxy) is 1. The molecular weight excluding hydrogens is 416 g/mol. The highest BCUT2D eigenvalue weighted by molar-refractivity contribution is 7.99. The first-order valence-electron chi connectivity index (χ1n) is 10.1. The lowest BCUT2D eigenvalue weighted by molar-refractivity contribution is -0.118. The third-order valence-corrected chi connectivity index (χ3v) is 7.18. The van der Waals surface area contributed by atoms with Crippen LogP contribution in [0.1, 0.15) is 29.9 Å². The van der Waals surface area contributed by atoms with Gasteiger partial charge in [0.05, 0.1) is 23.8 Å². The Bertz CT molecular complexity index is 1040. The molecule has 158 valence electrons. The molecule has 3 heterocycles. The van der Waals surface area contributed by atoms with Gasteiger partial charge in [0, 0.05) is 17.8 Å². The Morgan fingerprint density at radius 2 is 2.13 bits per heavy atom. The van der Waals surface area contributed by atoms with Crippen LogP contribution in [0.4, 0.5) is 5.82 Å². The van der Waals surface area contributed by atoms with Gasteiger partial charge in [-0.2, -0.15) is 0 Å². The number of nitrogens with zero attached hydrogens (tertiary/aromatic N) is 2. The van der Waals surface area contributed by atoms with Gasteiger partial charge in [0.2, 0.25) is 5.91 Å². The minimum atomic E-state index is -0.0307. The fraction of sp³-hybridized carbons (Fsp3) is 0.409. The molecule has 0 bridgehead atoms. The van der Waals surface area contributed by atoms with Gasteiger partial charge in [0.15, 0.2) is 5.16 Å². The maximum absolute atomic E-state index is 12.2. The summed E-state index contributed by atoms with van der Waals surface area (Å²) < 4.78 is 5.98. The van der Waals surface area contributed by atoms with Crippen molar-refractivity contribution in [3.63, 3.8) is 0 Å². The molecule has 0 fully saturated rings. The van der Waals surface area contributed by atoms with Gasteiger partial charge < -0.3 is 15.8 Å². The zero-order valence-corrected chi connectivity index (χ0v) is 18.8. The van der Waals surface area contributed by atoms with Crippen LogP contribution in [0.25, 0.3) is 10.2 Å². The molecule has 0 spiro atoms. The zero-order chi connectivity index (χ0) is 21.1. The van der Waals surface area contributed by atoms with E-state index in [0.717, 1.165) is 23.1 Å². The fourth-order valence-electron chi connectivity index (χ4n) is 3.55. The number of rotatable bonds is 7. The SMILES string of the molecule is CC(C)[C@@H]1Cc2c(sc3nc(SCC(=O)NCCc4ccccc4)nc(N)c23)CO1. The monoisotopic (exact) mass is 442 g/mol. The topological polar surface area (TPSA) is 90.1 Å². The number of benzene rings is 1. The smallest absolute Gasteiger partial charge is 0.230 e. The van der Waals surface area contributed by atoms with E-state index in [1.807, 2.05) is 18.2 Å². The minimum Gasteiger partial charge on any atom is -0.383 e. The summed E-state index contributed by atoms with van der Waals surface area (Å²) in [5.74, 6) is 1.18. The number of hydrogen-bond donors (Lipinski definition) is 2. The standard InChI is InChI=1S/C22H26N4O2S2/c1-13(2)16-10-15-17(11-28-16)30-21-19(15)20(23)25-22(26-21)29-12-18(27)24-9-8-14-6-4-3-5-7-14/h3-7,13,16H,8-12H2,1-2H3,(H,24,27)(H2,23,25,26)/t16-/m0/s1. The lowest BCUT2D eigenvalue weighted by atomic mass is 9.96. The molecule has 0 aliphatic carbocycles.